The molecule has 6 N–H and O–H groups in total. The maximum atomic E-state index is 14.2. The first-order valence-corrected chi connectivity index (χ1v) is 22.1. The predicted octanol–water partition coefficient (Wildman–Crippen LogP) is 5.53. The third-order valence-corrected chi connectivity index (χ3v) is 12.1. The molecule has 5 rings (SSSR count). The SMILES string of the molecule is CC(CCc1c(CNC(=O)CCl)cccc1S(=O)(=O)O)Nc1ccc(NC(C)CCc2c(CNC(=O)CCl)cccc2S(=O)(=O)O)c2c1C(=O)c1ccccc1C2=O. The number of fused-ring (bicyclic) bond motifs is 2. The lowest BCUT2D eigenvalue weighted by atomic mass is 9.82. The summed E-state index contributed by atoms with van der Waals surface area (Å²) in [6.07, 6.45) is 0.895. The van der Waals surface area contributed by atoms with Gasteiger partial charge in [-0.15, -0.1) is 23.2 Å². The molecule has 4 aromatic rings. The normalized spacial score (nSPS) is 13.6. The van der Waals surface area contributed by atoms with E-state index in [0.29, 0.717) is 46.5 Å². The van der Waals surface area contributed by atoms with Gasteiger partial charge in [-0.2, -0.15) is 16.8 Å². The largest absolute Gasteiger partial charge is 0.382 e. The van der Waals surface area contributed by atoms with Crippen LogP contribution in [-0.2, 0) is 55.8 Å². The number of ketones is 2. The van der Waals surface area contributed by atoms with Gasteiger partial charge < -0.3 is 21.3 Å². The Bertz CT molecular complexity index is 2310. The minimum Gasteiger partial charge on any atom is -0.382 e. The molecule has 0 fully saturated rings. The van der Waals surface area contributed by atoms with Crippen LogP contribution in [0.5, 0.6) is 0 Å². The monoisotopic (exact) mass is 872 g/mol. The molecule has 0 radical (unpaired) electrons. The lowest BCUT2D eigenvalue weighted by Crippen LogP contribution is -2.28. The van der Waals surface area contributed by atoms with Crippen molar-refractivity contribution in [3.63, 3.8) is 0 Å². The Hall–Kier alpha value is -4.84. The standard InChI is InChI=1S/C40H42Cl2N4O10S2/c1-23(13-15-27-25(21-43-35(47)19-41)7-5-11-33(27)57(51,52)53)45-31-17-18-32(38-37(31)39(49)29-9-3-4-10-30(29)40(38)50)46-24(2)14-16-28-26(22-44-36(48)20-42)8-6-12-34(28)58(54,55)56/h3-12,17-18,23-24,45-46H,13-16,19-22H2,1-2H3,(H,43,47)(H,44,48)(H,51,52,53)(H,54,55,56). The van der Waals surface area contributed by atoms with E-state index in [1.54, 1.807) is 48.5 Å². The first-order chi connectivity index (χ1) is 27.4. The van der Waals surface area contributed by atoms with Crippen molar-refractivity contribution in [2.45, 2.75) is 74.5 Å². The van der Waals surface area contributed by atoms with Crippen molar-refractivity contribution in [1.29, 1.82) is 0 Å². The van der Waals surface area contributed by atoms with Crippen LogP contribution in [0, 0.1) is 0 Å². The van der Waals surface area contributed by atoms with Gasteiger partial charge in [-0.3, -0.25) is 28.3 Å². The van der Waals surface area contributed by atoms with Gasteiger partial charge in [0.05, 0.1) is 20.9 Å². The van der Waals surface area contributed by atoms with Gasteiger partial charge in [-0.25, -0.2) is 0 Å². The van der Waals surface area contributed by atoms with Crippen LogP contribution >= 0.6 is 23.2 Å². The fourth-order valence-electron chi connectivity index (χ4n) is 6.95. The first-order valence-electron chi connectivity index (χ1n) is 18.1. The molecule has 58 heavy (non-hydrogen) atoms. The smallest absolute Gasteiger partial charge is 0.294 e. The van der Waals surface area contributed by atoms with E-state index in [4.69, 9.17) is 23.2 Å². The number of amides is 2. The molecule has 18 heteroatoms. The van der Waals surface area contributed by atoms with E-state index >= 15 is 0 Å². The zero-order chi connectivity index (χ0) is 42.4. The van der Waals surface area contributed by atoms with E-state index in [1.807, 2.05) is 13.8 Å². The lowest BCUT2D eigenvalue weighted by Gasteiger charge is -2.27. The van der Waals surface area contributed by atoms with Gasteiger partial charge in [0.15, 0.2) is 11.6 Å². The fraction of sp³-hybridized carbons (Fsp3) is 0.300. The van der Waals surface area contributed by atoms with Gasteiger partial charge in [-0.05, 0) is 86.1 Å². The molecular weight excluding hydrogens is 831 g/mol. The Kier molecular flexibility index (Phi) is 14.4. The number of rotatable bonds is 18. The van der Waals surface area contributed by atoms with Crippen LogP contribution in [0.25, 0.3) is 0 Å². The molecule has 0 spiro atoms. The highest BCUT2D eigenvalue weighted by Gasteiger charge is 2.34. The summed E-state index contributed by atoms with van der Waals surface area (Å²) in [5.74, 6) is -2.28. The molecule has 0 heterocycles. The summed E-state index contributed by atoms with van der Waals surface area (Å²) < 4.78 is 69.3. The number of benzene rings is 4. The van der Waals surface area contributed by atoms with Crippen molar-refractivity contribution >= 4 is 78.2 Å². The summed E-state index contributed by atoms with van der Waals surface area (Å²) in [4.78, 5) is 51.4. The summed E-state index contributed by atoms with van der Waals surface area (Å²) in [6, 6.07) is 17.7. The molecule has 0 saturated carbocycles. The second-order valence-corrected chi connectivity index (χ2v) is 17.2. The number of anilines is 2. The van der Waals surface area contributed by atoms with Crippen LogP contribution in [0.4, 0.5) is 11.4 Å². The Morgan fingerprint density at radius 1 is 0.603 bits per heavy atom. The van der Waals surface area contributed by atoms with E-state index in [1.165, 1.54) is 24.3 Å². The Morgan fingerprint density at radius 2 is 0.983 bits per heavy atom. The molecule has 1 aliphatic carbocycles. The number of hydrogen-bond donors (Lipinski definition) is 6. The second-order valence-electron chi connectivity index (χ2n) is 13.8. The fourth-order valence-corrected chi connectivity index (χ4v) is 8.73. The maximum absolute atomic E-state index is 14.2. The Labute approximate surface area is 346 Å². The highest BCUT2D eigenvalue weighted by molar-refractivity contribution is 7.86. The van der Waals surface area contributed by atoms with Crippen molar-refractivity contribution in [2.75, 3.05) is 22.4 Å². The number of nitrogens with one attached hydrogen (secondary N) is 4. The van der Waals surface area contributed by atoms with E-state index in [9.17, 15) is 45.1 Å². The van der Waals surface area contributed by atoms with E-state index in [2.05, 4.69) is 21.3 Å². The number of halogens is 2. The second kappa shape index (κ2) is 18.8. The molecule has 14 nitrogen and oxygen atoms in total. The quantitative estimate of drug-likeness (QED) is 0.0472. The average Bonchev–Trinajstić information content (AvgIpc) is 3.19. The van der Waals surface area contributed by atoms with Crippen LogP contribution in [0.2, 0.25) is 0 Å². The van der Waals surface area contributed by atoms with Crippen LogP contribution in [0.1, 0.15) is 80.8 Å². The van der Waals surface area contributed by atoms with Gasteiger partial charge in [0.1, 0.15) is 11.8 Å². The molecule has 308 valence electrons. The third-order valence-electron chi connectivity index (χ3n) is 9.74. The zero-order valence-corrected chi connectivity index (χ0v) is 34.6. The average molecular weight is 874 g/mol. The Morgan fingerprint density at radius 3 is 1.33 bits per heavy atom. The van der Waals surface area contributed by atoms with E-state index in [0.717, 1.165) is 0 Å². The molecule has 0 bridgehead atoms. The van der Waals surface area contributed by atoms with Gasteiger partial charge in [0, 0.05) is 47.7 Å². The number of carbonyl (C=O) groups excluding carboxylic acids is 4. The highest BCUT2D eigenvalue weighted by atomic mass is 35.5. The summed E-state index contributed by atoms with van der Waals surface area (Å²) in [5, 5.41) is 11.9. The van der Waals surface area contributed by atoms with Crippen molar-refractivity contribution in [3.05, 3.63) is 117 Å². The van der Waals surface area contributed by atoms with Crippen molar-refractivity contribution in [2.24, 2.45) is 0 Å². The lowest BCUT2D eigenvalue weighted by molar-refractivity contribution is -0.119. The molecule has 2 atom stereocenters. The molecule has 4 aromatic carbocycles. The van der Waals surface area contributed by atoms with Crippen molar-refractivity contribution in [3.8, 4) is 0 Å². The van der Waals surface area contributed by atoms with Crippen LogP contribution in [0.3, 0.4) is 0 Å². The van der Waals surface area contributed by atoms with Gasteiger partial charge in [0.2, 0.25) is 11.8 Å². The van der Waals surface area contributed by atoms with Crippen molar-refractivity contribution in [1.82, 2.24) is 10.6 Å². The third kappa shape index (κ3) is 10.4. The molecular formula is C40H42Cl2N4O10S2. The van der Waals surface area contributed by atoms with Gasteiger partial charge in [0.25, 0.3) is 20.2 Å². The summed E-state index contributed by atoms with van der Waals surface area (Å²) in [7, 11) is -9.24. The van der Waals surface area contributed by atoms with E-state index < -0.39 is 55.7 Å². The molecule has 1 aliphatic rings. The van der Waals surface area contributed by atoms with Gasteiger partial charge in [-0.1, -0.05) is 48.5 Å². The molecule has 0 aliphatic heterocycles. The number of hydrogen-bond acceptors (Lipinski definition) is 10. The molecule has 2 unspecified atom stereocenters. The summed E-state index contributed by atoms with van der Waals surface area (Å²) in [6.45, 7) is 3.58. The van der Waals surface area contributed by atoms with Crippen LogP contribution in [-0.4, -0.2) is 73.2 Å². The molecule has 0 aromatic heterocycles. The zero-order valence-electron chi connectivity index (χ0n) is 31.5. The van der Waals surface area contributed by atoms with Crippen LogP contribution in [0.15, 0.2) is 82.6 Å². The number of alkyl halides is 2. The van der Waals surface area contributed by atoms with Crippen molar-refractivity contribution < 1.29 is 45.1 Å². The predicted molar refractivity (Wildman–Crippen MR) is 220 cm³/mol. The van der Waals surface area contributed by atoms with Gasteiger partial charge >= 0.3 is 0 Å². The van der Waals surface area contributed by atoms with Crippen LogP contribution < -0.4 is 21.3 Å². The number of carbonyl (C=O) groups is 4. The Balaban J connectivity index is 1.42. The topological polar surface area (TPSA) is 225 Å². The first kappa shape index (κ1) is 44.3. The maximum Gasteiger partial charge on any atom is 0.294 e. The minimum absolute atomic E-state index is 0.0243. The molecule has 2 amide bonds. The molecule has 0 saturated heterocycles. The van der Waals surface area contributed by atoms with E-state index in [-0.39, 0.29) is 69.7 Å². The minimum atomic E-state index is -4.62. The summed E-state index contributed by atoms with van der Waals surface area (Å²) >= 11 is 11.2. The highest BCUT2D eigenvalue weighted by Crippen LogP contribution is 2.38. The summed E-state index contributed by atoms with van der Waals surface area (Å²) in [5.41, 5.74) is 2.96.